The summed E-state index contributed by atoms with van der Waals surface area (Å²) in [6, 6.07) is 0. The molecule has 0 N–H and O–H groups in total. The van der Waals surface area contributed by atoms with Crippen molar-refractivity contribution in [2.45, 2.75) is 42.5 Å². The molecule has 0 amide bonds. The first-order valence-corrected chi connectivity index (χ1v) is 6.02. The van der Waals surface area contributed by atoms with Crippen LogP contribution in [0.1, 0.15) is 19.3 Å². The Morgan fingerprint density at radius 2 is 1.19 bits per heavy atom. The van der Waals surface area contributed by atoms with Crippen molar-refractivity contribution in [3.8, 4) is 0 Å². The number of hydrogen-bond donors (Lipinski definition) is 0. The van der Waals surface area contributed by atoms with E-state index in [0.717, 1.165) is 0 Å². The van der Waals surface area contributed by atoms with Crippen molar-refractivity contribution in [3.05, 3.63) is 0 Å². The molecule has 0 rings (SSSR count). The molecule has 0 bridgehead atoms. The average molecular weight is 364 g/mol. The minimum atomic E-state index is -7.13. The Balaban J connectivity index is 0. The normalized spacial score (nSPS) is 14.8. The molecule has 122 valence electrons. The standard InChI is InChI=1S/C7H7F9O3S.Na/c8-4(9,2-1-3-5(10,11)12)6(13,14)7(15,16)20(17,18)19;/h1-3H2,(H,17,18,19);/q;+1/p-1. The molecule has 0 spiro atoms. The van der Waals surface area contributed by atoms with Crippen molar-refractivity contribution >= 4 is 10.1 Å². The zero-order valence-corrected chi connectivity index (χ0v) is 13.0. The minimum Gasteiger partial charge on any atom is -0.743 e. The first-order chi connectivity index (χ1) is 8.46. The fourth-order valence-electron chi connectivity index (χ4n) is 1.04. The summed E-state index contributed by atoms with van der Waals surface area (Å²) in [5.41, 5.74) is 0. The van der Waals surface area contributed by atoms with Crippen LogP contribution in [0.15, 0.2) is 0 Å². The van der Waals surface area contributed by atoms with Crippen molar-refractivity contribution in [1.29, 1.82) is 0 Å². The van der Waals surface area contributed by atoms with Crippen molar-refractivity contribution < 1.29 is 82.0 Å². The van der Waals surface area contributed by atoms with Gasteiger partial charge in [-0.2, -0.15) is 39.5 Å². The number of rotatable bonds is 6. The molecule has 0 aliphatic heterocycles. The van der Waals surface area contributed by atoms with Crippen LogP contribution in [-0.2, 0) is 10.1 Å². The van der Waals surface area contributed by atoms with Gasteiger partial charge in [0, 0.05) is 12.8 Å². The van der Waals surface area contributed by atoms with E-state index in [4.69, 9.17) is 0 Å². The van der Waals surface area contributed by atoms with Gasteiger partial charge in [-0.05, 0) is 6.42 Å². The summed E-state index contributed by atoms with van der Waals surface area (Å²) in [5.74, 6) is -12.4. The van der Waals surface area contributed by atoms with Gasteiger partial charge in [0.2, 0.25) is 0 Å². The first-order valence-electron chi connectivity index (χ1n) is 4.61. The van der Waals surface area contributed by atoms with E-state index in [1.54, 1.807) is 0 Å². The molecule has 14 heteroatoms. The second kappa shape index (κ2) is 6.81. The topological polar surface area (TPSA) is 57.2 Å². The maximum atomic E-state index is 12.8. The van der Waals surface area contributed by atoms with Gasteiger partial charge >= 0.3 is 52.8 Å². The van der Waals surface area contributed by atoms with Gasteiger partial charge in [-0.1, -0.05) is 0 Å². The molecule has 0 aliphatic rings. The van der Waals surface area contributed by atoms with Gasteiger partial charge in [0.25, 0.3) is 0 Å². The minimum absolute atomic E-state index is 0. The summed E-state index contributed by atoms with van der Waals surface area (Å²) in [7, 11) is -7.13. The molecule has 21 heavy (non-hydrogen) atoms. The molecule has 0 aromatic carbocycles. The van der Waals surface area contributed by atoms with Crippen LogP contribution in [-0.4, -0.2) is 36.2 Å². The molecule has 0 aromatic rings. The summed E-state index contributed by atoms with van der Waals surface area (Å²) in [6.07, 6.45) is -11.0. The quantitative estimate of drug-likeness (QED) is 0.383. The van der Waals surface area contributed by atoms with E-state index in [0.29, 0.717) is 0 Å². The summed E-state index contributed by atoms with van der Waals surface area (Å²) in [5, 5.41) is -6.65. The Morgan fingerprint density at radius 3 is 1.48 bits per heavy atom. The molecule has 0 aliphatic carbocycles. The Hall–Kier alpha value is 0.280. The monoisotopic (exact) mass is 364 g/mol. The molecule has 0 saturated heterocycles. The molecule has 0 unspecified atom stereocenters. The van der Waals surface area contributed by atoms with E-state index in [2.05, 4.69) is 0 Å². The Bertz CT molecular complexity index is 445. The van der Waals surface area contributed by atoms with Crippen molar-refractivity contribution in [2.24, 2.45) is 0 Å². The fraction of sp³-hybridized carbons (Fsp3) is 1.00. The van der Waals surface area contributed by atoms with Crippen LogP contribution < -0.4 is 29.6 Å². The van der Waals surface area contributed by atoms with Crippen LogP contribution in [0.2, 0.25) is 0 Å². The summed E-state index contributed by atoms with van der Waals surface area (Å²) in [4.78, 5) is 0. The van der Waals surface area contributed by atoms with Gasteiger partial charge in [-0.25, -0.2) is 8.42 Å². The van der Waals surface area contributed by atoms with Crippen LogP contribution in [0.5, 0.6) is 0 Å². The molecular weight excluding hydrogens is 358 g/mol. The van der Waals surface area contributed by atoms with E-state index in [1.165, 1.54) is 0 Å². The van der Waals surface area contributed by atoms with Gasteiger partial charge in [0.05, 0.1) is 0 Å². The fourth-order valence-corrected chi connectivity index (χ4v) is 1.50. The molecule has 3 nitrogen and oxygen atoms in total. The average Bonchev–Trinajstić information content (AvgIpc) is 2.12. The molecule has 0 radical (unpaired) electrons. The molecule has 0 aromatic heterocycles. The van der Waals surface area contributed by atoms with Crippen molar-refractivity contribution in [3.63, 3.8) is 0 Å². The molecular formula is C7H6F9NaO3S. The Kier molecular flexibility index (Phi) is 7.63. The second-order valence-corrected chi connectivity index (χ2v) is 5.14. The second-order valence-electron chi connectivity index (χ2n) is 3.72. The van der Waals surface area contributed by atoms with Crippen LogP contribution >= 0.6 is 0 Å². The first kappa shape index (κ1) is 23.5. The van der Waals surface area contributed by atoms with Crippen LogP contribution in [0.25, 0.3) is 0 Å². The van der Waals surface area contributed by atoms with E-state index in [1.807, 2.05) is 0 Å². The largest absolute Gasteiger partial charge is 1.00 e. The number of halogens is 9. The zero-order chi connectivity index (χ0) is 16.6. The predicted molar refractivity (Wildman–Crippen MR) is 44.4 cm³/mol. The third-order valence-corrected chi connectivity index (χ3v) is 2.97. The van der Waals surface area contributed by atoms with Gasteiger partial charge in [-0.15, -0.1) is 0 Å². The summed E-state index contributed by atoms with van der Waals surface area (Å²) < 4.78 is 141. The van der Waals surface area contributed by atoms with Crippen LogP contribution in [0.3, 0.4) is 0 Å². The number of hydrogen-bond acceptors (Lipinski definition) is 3. The third-order valence-electron chi connectivity index (χ3n) is 2.09. The maximum absolute atomic E-state index is 12.8. The Labute approximate surface area is 134 Å². The van der Waals surface area contributed by atoms with Gasteiger partial charge in [0.1, 0.15) is 0 Å². The molecule has 0 heterocycles. The smallest absolute Gasteiger partial charge is 0.743 e. The van der Waals surface area contributed by atoms with Crippen molar-refractivity contribution in [1.82, 2.24) is 0 Å². The maximum Gasteiger partial charge on any atom is 1.00 e. The van der Waals surface area contributed by atoms with E-state index < -0.39 is 52.7 Å². The SMILES string of the molecule is O=S(=O)([O-])C(F)(F)C(F)(F)C(F)(F)CCCC(F)(F)F.[Na+]. The third kappa shape index (κ3) is 5.44. The van der Waals surface area contributed by atoms with Crippen LogP contribution in [0.4, 0.5) is 39.5 Å². The number of alkyl halides is 9. The van der Waals surface area contributed by atoms with Crippen molar-refractivity contribution in [2.75, 3.05) is 0 Å². The molecule has 0 fully saturated rings. The summed E-state index contributed by atoms with van der Waals surface area (Å²) in [6.45, 7) is 0. The van der Waals surface area contributed by atoms with Gasteiger partial charge < -0.3 is 4.55 Å². The summed E-state index contributed by atoms with van der Waals surface area (Å²) >= 11 is 0. The van der Waals surface area contributed by atoms with Gasteiger partial charge in [0.15, 0.2) is 10.1 Å². The van der Waals surface area contributed by atoms with Gasteiger partial charge in [-0.3, -0.25) is 0 Å². The molecule has 0 atom stereocenters. The Morgan fingerprint density at radius 1 is 0.810 bits per heavy atom. The van der Waals surface area contributed by atoms with E-state index in [9.17, 15) is 52.5 Å². The zero-order valence-electron chi connectivity index (χ0n) is 10.2. The molecule has 0 saturated carbocycles. The van der Waals surface area contributed by atoms with E-state index >= 15 is 0 Å². The van der Waals surface area contributed by atoms with E-state index in [-0.39, 0.29) is 29.6 Å². The predicted octanol–water partition coefficient (Wildman–Crippen LogP) is 0.132. The van der Waals surface area contributed by atoms with Crippen LogP contribution in [0, 0.1) is 0 Å².